The zero-order valence-electron chi connectivity index (χ0n) is 14.9. The Morgan fingerprint density at radius 2 is 1.65 bits per heavy atom. The molecule has 1 aromatic carbocycles. The number of rotatable bonds is 1. The predicted octanol–water partition coefficient (Wildman–Crippen LogP) is 6.17. The van der Waals surface area contributed by atoms with Crippen LogP contribution < -0.4 is 4.90 Å². The summed E-state index contributed by atoms with van der Waals surface area (Å²) in [5, 5.41) is 1.41. The molecule has 1 aliphatic heterocycles. The molecule has 0 radical (unpaired) electrons. The summed E-state index contributed by atoms with van der Waals surface area (Å²) < 4.78 is 5.84. The highest BCUT2D eigenvalue weighted by atomic mass is 32.1. The third-order valence-electron chi connectivity index (χ3n) is 7.99. The molecule has 3 heterocycles. The van der Waals surface area contributed by atoms with Gasteiger partial charge in [0.2, 0.25) is 0 Å². The second kappa shape index (κ2) is 4.75. The van der Waals surface area contributed by atoms with Crippen LogP contribution in [-0.4, -0.2) is 0 Å². The van der Waals surface area contributed by atoms with E-state index in [2.05, 4.69) is 41.3 Å². The van der Waals surface area contributed by atoms with Crippen LogP contribution in [0.2, 0.25) is 0 Å². The van der Waals surface area contributed by atoms with Crippen molar-refractivity contribution in [2.24, 2.45) is 23.7 Å². The van der Waals surface area contributed by atoms with Gasteiger partial charge in [-0.1, -0.05) is 18.2 Å². The van der Waals surface area contributed by atoms with Crippen molar-refractivity contribution in [1.82, 2.24) is 0 Å². The zero-order valence-corrected chi connectivity index (χ0v) is 15.7. The van der Waals surface area contributed by atoms with Crippen LogP contribution in [-0.2, 0) is 12.1 Å². The molecule has 3 aromatic rings. The van der Waals surface area contributed by atoms with Gasteiger partial charge in [0.05, 0.1) is 18.3 Å². The van der Waals surface area contributed by atoms with E-state index in [-0.39, 0.29) is 5.54 Å². The van der Waals surface area contributed by atoms with E-state index in [4.69, 9.17) is 4.42 Å². The van der Waals surface area contributed by atoms with E-state index in [0.29, 0.717) is 0 Å². The van der Waals surface area contributed by atoms with E-state index >= 15 is 0 Å². The van der Waals surface area contributed by atoms with Crippen molar-refractivity contribution in [3.63, 3.8) is 0 Å². The molecule has 8 rings (SSSR count). The van der Waals surface area contributed by atoms with E-state index < -0.39 is 0 Å². The second-order valence-electron chi connectivity index (χ2n) is 9.07. The minimum absolute atomic E-state index is 0.215. The van der Waals surface area contributed by atoms with Crippen LogP contribution in [0.4, 0.5) is 5.69 Å². The molecule has 2 aromatic heterocycles. The van der Waals surface area contributed by atoms with Crippen molar-refractivity contribution in [3.8, 4) is 0 Å². The standard InChI is InChI=1S/C23H23NOS/c1-2-4-18(5-3-1)24-13-20-21(19-6-7-25-22(19)26-20)23(24)16-9-14-8-15(11-16)12-17(23)10-14/h1-7,14-17H,8-13H2. The number of fused-ring (bicyclic) bond motifs is 3. The normalized spacial score (nSPS) is 37.2. The van der Waals surface area contributed by atoms with Crippen LogP contribution in [0.15, 0.2) is 47.1 Å². The minimum Gasteiger partial charge on any atom is -0.454 e. The number of nitrogens with zero attached hydrogens (tertiary/aromatic N) is 1. The van der Waals surface area contributed by atoms with Crippen molar-refractivity contribution in [3.05, 3.63) is 53.1 Å². The Hall–Kier alpha value is -1.74. The fraction of sp³-hybridized carbons (Fsp3) is 0.478. The average molecular weight is 362 g/mol. The number of hydrogen-bond donors (Lipinski definition) is 0. The van der Waals surface area contributed by atoms with Gasteiger partial charge in [0.25, 0.3) is 0 Å². The Bertz CT molecular complexity index is 972. The third kappa shape index (κ3) is 1.56. The van der Waals surface area contributed by atoms with Crippen LogP contribution >= 0.6 is 11.3 Å². The highest BCUT2D eigenvalue weighted by Crippen LogP contribution is 2.68. The summed E-state index contributed by atoms with van der Waals surface area (Å²) in [6, 6.07) is 13.5. The fourth-order valence-electron chi connectivity index (χ4n) is 7.50. The molecule has 26 heavy (non-hydrogen) atoms. The Kier molecular flexibility index (Phi) is 2.62. The molecule has 3 heteroatoms. The molecule has 132 valence electrons. The molecule has 2 nitrogen and oxygen atoms in total. The van der Waals surface area contributed by atoms with Crippen LogP contribution in [0, 0.1) is 23.7 Å². The fourth-order valence-corrected chi connectivity index (χ4v) is 8.67. The number of thiophene rings is 1. The van der Waals surface area contributed by atoms with Crippen LogP contribution in [0.3, 0.4) is 0 Å². The van der Waals surface area contributed by atoms with Gasteiger partial charge in [0, 0.05) is 21.5 Å². The molecule has 0 amide bonds. The first kappa shape index (κ1) is 14.3. The lowest BCUT2D eigenvalue weighted by atomic mass is 9.47. The Morgan fingerprint density at radius 3 is 2.38 bits per heavy atom. The lowest BCUT2D eigenvalue weighted by molar-refractivity contribution is -0.0581. The summed E-state index contributed by atoms with van der Waals surface area (Å²) in [4.78, 5) is 5.53. The lowest BCUT2D eigenvalue weighted by Crippen LogP contribution is -2.61. The van der Waals surface area contributed by atoms with Crippen LogP contribution in [0.1, 0.15) is 42.5 Å². The Balaban J connectivity index is 1.52. The number of furan rings is 1. The minimum atomic E-state index is 0.215. The summed E-state index contributed by atoms with van der Waals surface area (Å²) in [6.45, 7) is 1.07. The van der Waals surface area contributed by atoms with Crippen molar-refractivity contribution in [2.45, 2.75) is 44.2 Å². The molecular formula is C23H23NOS. The molecule has 4 fully saturated rings. The van der Waals surface area contributed by atoms with E-state index in [0.717, 1.165) is 35.1 Å². The predicted molar refractivity (Wildman–Crippen MR) is 105 cm³/mol. The molecule has 0 atom stereocenters. The molecule has 0 N–H and O–H groups in total. The third-order valence-corrected chi connectivity index (χ3v) is 9.07. The monoisotopic (exact) mass is 361 g/mol. The van der Waals surface area contributed by atoms with E-state index in [9.17, 15) is 0 Å². The topological polar surface area (TPSA) is 16.4 Å². The number of para-hydroxylation sites is 1. The maximum atomic E-state index is 5.84. The van der Waals surface area contributed by atoms with Gasteiger partial charge in [0.15, 0.2) is 4.90 Å². The molecule has 1 spiro atoms. The Labute approximate surface area is 157 Å². The molecule has 0 unspecified atom stereocenters. The number of benzene rings is 1. The van der Waals surface area contributed by atoms with Gasteiger partial charge in [-0.15, -0.1) is 11.3 Å². The quantitative estimate of drug-likeness (QED) is 0.515. The summed E-state index contributed by atoms with van der Waals surface area (Å²) in [7, 11) is 0. The van der Waals surface area contributed by atoms with E-state index in [1.807, 2.05) is 17.6 Å². The first-order valence-electron chi connectivity index (χ1n) is 10.2. The second-order valence-corrected chi connectivity index (χ2v) is 10.1. The van der Waals surface area contributed by atoms with Gasteiger partial charge in [0.1, 0.15) is 0 Å². The van der Waals surface area contributed by atoms with Gasteiger partial charge < -0.3 is 9.32 Å². The van der Waals surface area contributed by atoms with Gasteiger partial charge in [-0.25, -0.2) is 0 Å². The first-order valence-corrected chi connectivity index (χ1v) is 11.0. The zero-order chi connectivity index (χ0) is 16.9. The van der Waals surface area contributed by atoms with Crippen LogP contribution in [0.25, 0.3) is 10.3 Å². The molecule has 4 saturated carbocycles. The summed E-state index contributed by atoms with van der Waals surface area (Å²) >= 11 is 1.90. The van der Waals surface area contributed by atoms with E-state index in [1.165, 1.54) is 43.2 Å². The van der Waals surface area contributed by atoms with Crippen molar-refractivity contribution < 1.29 is 4.42 Å². The Morgan fingerprint density at radius 1 is 0.923 bits per heavy atom. The van der Waals surface area contributed by atoms with Crippen molar-refractivity contribution in [2.75, 3.05) is 4.90 Å². The molecule has 5 aliphatic rings. The summed E-state index contributed by atoms with van der Waals surface area (Å²) in [6.07, 6.45) is 9.15. The SMILES string of the molecule is c1ccc(N2Cc3sc4occc4c3C23C2CC4CC(C2)CC3C4)cc1. The average Bonchev–Trinajstić information content (AvgIpc) is 3.30. The van der Waals surface area contributed by atoms with Crippen molar-refractivity contribution >= 4 is 27.3 Å². The smallest absolute Gasteiger partial charge is 0.188 e. The highest BCUT2D eigenvalue weighted by molar-refractivity contribution is 7.18. The first-order chi connectivity index (χ1) is 12.8. The molecule has 4 bridgehead atoms. The highest BCUT2D eigenvalue weighted by Gasteiger charge is 2.64. The van der Waals surface area contributed by atoms with Crippen LogP contribution in [0.5, 0.6) is 0 Å². The van der Waals surface area contributed by atoms with Gasteiger partial charge in [-0.05, 0) is 74.0 Å². The van der Waals surface area contributed by atoms with Crippen molar-refractivity contribution in [1.29, 1.82) is 0 Å². The summed E-state index contributed by atoms with van der Waals surface area (Å²) in [5.74, 6) is 3.60. The maximum Gasteiger partial charge on any atom is 0.188 e. The molecule has 4 aliphatic carbocycles. The maximum absolute atomic E-state index is 5.84. The number of hydrogen-bond acceptors (Lipinski definition) is 3. The molecular weight excluding hydrogens is 338 g/mol. The molecule has 0 saturated heterocycles. The van der Waals surface area contributed by atoms with Gasteiger partial charge in [-0.3, -0.25) is 0 Å². The van der Waals surface area contributed by atoms with Gasteiger partial charge >= 0.3 is 0 Å². The lowest BCUT2D eigenvalue weighted by Gasteiger charge is -2.63. The van der Waals surface area contributed by atoms with E-state index in [1.54, 1.807) is 10.4 Å². The largest absolute Gasteiger partial charge is 0.454 e. The number of anilines is 1. The van der Waals surface area contributed by atoms with Gasteiger partial charge in [-0.2, -0.15) is 0 Å². The summed E-state index contributed by atoms with van der Waals surface area (Å²) in [5.41, 5.74) is 3.29.